The number of rotatable bonds is 8. The van der Waals surface area contributed by atoms with Gasteiger partial charge in [0, 0.05) is 38.1 Å². The van der Waals surface area contributed by atoms with Gasteiger partial charge in [0.05, 0.1) is 11.6 Å². The van der Waals surface area contributed by atoms with Crippen LogP contribution in [0, 0.1) is 5.82 Å². The molecule has 3 aromatic carbocycles. The summed E-state index contributed by atoms with van der Waals surface area (Å²) in [6, 6.07) is 19.0. The third kappa shape index (κ3) is 7.20. The van der Waals surface area contributed by atoms with Gasteiger partial charge in [0.2, 0.25) is 0 Å². The number of hydrogen-bond acceptors (Lipinski definition) is 5. The van der Waals surface area contributed by atoms with Crippen molar-refractivity contribution in [3.8, 4) is 0 Å². The molecule has 0 amide bonds. The van der Waals surface area contributed by atoms with Crippen molar-refractivity contribution in [2.45, 2.75) is 24.3 Å². The van der Waals surface area contributed by atoms with Crippen LogP contribution in [-0.2, 0) is 29.4 Å². The summed E-state index contributed by atoms with van der Waals surface area (Å²) < 4.78 is 42.0. The molecule has 0 spiro atoms. The number of fused-ring (bicyclic) bond motifs is 1. The summed E-state index contributed by atoms with van der Waals surface area (Å²) >= 11 is 0. The molecule has 1 N–H and O–H groups in total. The van der Waals surface area contributed by atoms with Gasteiger partial charge in [0.25, 0.3) is 10.0 Å². The third-order valence-electron chi connectivity index (χ3n) is 6.26. The Labute approximate surface area is 220 Å². The molecule has 0 aromatic heterocycles. The van der Waals surface area contributed by atoms with Crippen LogP contribution < -0.4 is 9.62 Å². The Bertz CT molecular complexity index is 1250. The fourth-order valence-electron chi connectivity index (χ4n) is 4.43. The number of halogens is 2. The maximum atomic E-state index is 13.2. The first-order chi connectivity index (χ1) is 16.7. The molecule has 194 valence electrons. The molecular weight excluding hydrogens is 499 g/mol. The molecular formula is C27H34ClFN4O2S. The molecule has 0 saturated carbocycles. The monoisotopic (exact) mass is 532 g/mol. The lowest BCUT2D eigenvalue weighted by Gasteiger charge is -2.23. The molecule has 0 atom stereocenters. The van der Waals surface area contributed by atoms with Crippen LogP contribution in [0.3, 0.4) is 0 Å². The van der Waals surface area contributed by atoms with Gasteiger partial charge in [-0.05, 0) is 92.2 Å². The Morgan fingerprint density at radius 1 is 0.889 bits per heavy atom. The number of sulfonamides is 1. The summed E-state index contributed by atoms with van der Waals surface area (Å²) in [7, 11) is 2.36. The second kappa shape index (κ2) is 12.1. The van der Waals surface area contributed by atoms with E-state index in [1.165, 1.54) is 23.3 Å². The Kier molecular flexibility index (Phi) is 9.35. The van der Waals surface area contributed by atoms with Crippen molar-refractivity contribution < 1.29 is 12.8 Å². The Hall–Kier alpha value is -2.65. The van der Waals surface area contributed by atoms with Crippen molar-refractivity contribution in [3.05, 3.63) is 89.2 Å². The fraction of sp³-hybridized carbons (Fsp3) is 0.333. The highest BCUT2D eigenvalue weighted by atomic mass is 35.5. The molecule has 1 aliphatic rings. The lowest BCUT2D eigenvalue weighted by molar-refractivity contribution is 0.183. The summed E-state index contributed by atoms with van der Waals surface area (Å²) in [6.07, 6.45) is 1.86. The van der Waals surface area contributed by atoms with Gasteiger partial charge in [-0.3, -0.25) is 14.5 Å². The summed E-state index contributed by atoms with van der Waals surface area (Å²) in [4.78, 5) is 6.79. The third-order valence-corrected chi connectivity index (χ3v) is 7.65. The predicted octanol–water partition coefficient (Wildman–Crippen LogP) is 4.60. The van der Waals surface area contributed by atoms with E-state index in [4.69, 9.17) is 0 Å². The zero-order valence-electron chi connectivity index (χ0n) is 20.9. The highest BCUT2D eigenvalue weighted by Gasteiger charge is 2.18. The summed E-state index contributed by atoms with van der Waals surface area (Å²) in [5.41, 5.74) is 4.92. The maximum Gasteiger partial charge on any atom is 0.261 e. The van der Waals surface area contributed by atoms with Crippen molar-refractivity contribution in [2.75, 3.05) is 50.5 Å². The van der Waals surface area contributed by atoms with Crippen LogP contribution in [0.1, 0.15) is 16.7 Å². The molecule has 0 aliphatic carbocycles. The number of benzene rings is 3. The first kappa shape index (κ1) is 27.9. The van der Waals surface area contributed by atoms with E-state index in [0.29, 0.717) is 12.2 Å². The van der Waals surface area contributed by atoms with Crippen molar-refractivity contribution in [1.29, 1.82) is 0 Å². The Balaban J connectivity index is 0.00000361. The van der Waals surface area contributed by atoms with E-state index in [1.54, 1.807) is 24.3 Å². The smallest absolute Gasteiger partial charge is 0.261 e. The van der Waals surface area contributed by atoms with E-state index in [9.17, 15) is 12.8 Å². The first-order valence-electron chi connectivity index (χ1n) is 11.8. The largest absolute Gasteiger partial charge is 0.370 e. The topological polar surface area (TPSA) is 55.9 Å². The molecule has 0 radical (unpaired) electrons. The van der Waals surface area contributed by atoms with Gasteiger partial charge < -0.3 is 4.90 Å². The number of anilines is 2. The van der Waals surface area contributed by atoms with Gasteiger partial charge in [-0.15, -0.1) is 12.4 Å². The van der Waals surface area contributed by atoms with Gasteiger partial charge in [-0.1, -0.05) is 18.2 Å². The molecule has 1 aliphatic heterocycles. The van der Waals surface area contributed by atoms with Crippen LogP contribution in [-0.4, -0.2) is 59.1 Å². The van der Waals surface area contributed by atoms with E-state index in [-0.39, 0.29) is 23.1 Å². The number of nitrogens with one attached hydrogen (secondary N) is 1. The lowest BCUT2D eigenvalue weighted by Crippen LogP contribution is -2.35. The van der Waals surface area contributed by atoms with Crippen LogP contribution in [0.25, 0.3) is 0 Å². The van der Waals surface area contributed by atoms with Crippen molar-refractivity contribution in [3.63, 3.8) is 0 Å². The molecule has 0 fully saturated rings. The summed E-state index contributed by atoms with van der Waals surface area (Å²) in [5.74, 6) is -0.273. The molecule has 0 bridgehead atoms. The van der Waals surface area contributed by atoms with Crippen LogP contribution in [0.5, 0.6) is 0 Å². The standard InChI is InChI=1S/C27H33FN4O2S.ClH/c1-30(2)20-32-16-14-22-6-9-25(18-23(22)15-17-32)29-35(33,34)27-12-4-21(5-13-27)19-31(3)26-10-7-24(28)8-11-26;/h4-13,18,29H,14-17,19-20H2,1-3H3;1H. The number of nitrogens with zero attached hydrogens (tertiary/aromatic N) is 3. The maximum absolute atomic E-state index is 13.2. The highest BCUT2D eigenvalue weighted by Crippen LogP contribution is 2.24. The van der Waals surface area contributed by atoms with Crippen LogP contribution in [0.4, 0.5) is 15.8 Å². The number of hydrogen-bond donors (Lipinski definition) is 1. The molecule has 0 saturated heterocycles. The zero-order valence-corrected chi connectivity index (χ0v) is 22.6. The second-order valence-corrected chi connectivity index (χ2v) is 11.1. The Morgan fingerprint density at radius 2 is 1.53 bits per heavy atom. The fourth-order valence-corrected chi connectivity index (χ4v) is 5.47. The minimum atomic E-state index is -3.70. The SMILES string of the molecule is CN(C)CN1CCc2ccc(NS(=O)(=O)c3ccc(CN(C)c4ccc(F)cc4)cc3)cc2CC1.Cl. The minimum absolute atomic E-state index is 0. The van der Waals surface area contributed by atoms with Gasteiger partial charge in [0.1, 0.15) is 5.82 Å². The van der Waals surface area contributed by atoms with Crippen LogP contribution in [0.2, 0.25) is 0 Å². The lowest BCUT2D eigenvalue weighted by atomic mass is 10.0. The molecule has 3 aromatic rings. The molecule has 4 rings (SSSR count). The molecule has 9 heteroatoms. The normalized spacial score (nSPS) is 14.0. The zero-order chi connectivity index (χ0) is 25.0. The molecule has 36 heavy (non-hydrogen) atoms. The molecule has 6 nitrogen and oxygen atoms in total. The van der Waals surface area contributed by atoms with Crippen molar-refractivity contribution >= 4 is 33.8 Å². The summed E-state index contributed by atoms with van der Waals surface area (Å²) in [5, 5.41) is 0. The predicted molar refractivity (Wildman–Crippen MR) is 147 cm³/mol. The average molecular weight is 533 g/mol. The quantitative estimate of drug-likeness (QED) is 0.459. The van der Waals surface area contributed by atoms with Crippen LogP contribution in [0.15, 0.2) is 71.6 Å². The molecule has 1 heterocycles. The minimum Gasteiger partial charge on any atom is -0.370 e. The van der Waals surface area contributed by atoms with E-state index < -0.39 is 10.0 Å². The van der Waals surface area contributed by atoms with E-state index in [0.717, 1.165) is 43.9 Å². The van der Waals surface area contributed by atoms with E-state index in [1.807, 2.05) is 42.3 Å². The van der Waals surface area contributed by atoms with Crippen molar-refractivity contribution in [1.82, 2.24) is 9.80 Å². The molecule has 0 unspecified atom stereocenters. The first-order valence-corrected chi connectivity index (χ1v) is 13.3. The average Bonchev–Trinajstić information content (AvgIpc) is 3.01. The highest BCUT2D eigenvalue weighted by molar-refractivity contribution is 7.92. The van der Waals surface area contributed by atoms with E-state index >= 15 is 0 Å². The van der Waals surface area contributed by atoms with Crippen molar-refractivity contribution in [2.24, 2.45) is 0 Å². The second-order valence-electron chi connectivity index (χ2n) is 9.40. The van der Waals surface area contributed by atoms with E-state index in [2.05, 4.69) is 28.6 Å². The van der Waals surface area contributed by atoms with Gasteiger partial charge in [0.15, 0.2) is 0 Å². The Morgan fingerprint density at radius 3 is 2.17 bits per heavy atom. The van der Waals surface area contributed by atoms with Crippen LogP contribution >= 0.6 is 12.4 Å². The van der Waals surface area contributed by atoms with Gasteiger partial charge in [-0.2, -0.15) is 0 Å². The van der Waals surface area contributed by atoms with Gasteiger partial charge >= 0.3 is 0 Å². The summed E-state index contributed by atoms with van der Waals surface area (Å²) in [6.45, 7) is 3.45. The van der Waals surface area contributed by atoms with Gasteiger partial charge in [-0.25, -0.2) is 12.8 Å².